The SMILES string of the molecule is CCCn1c(=O)[nH]c(=O)c2c(C(=O)NCC(=O)Nc3cccnc3)cc(C3CC3)nc21. The lowest BCUT2D eigenvalue weighted by atomic mass is 10.1. The number of nitrogens with zero attached hydrogens (tertiary/aromatic N) is 3. The lowest BCUT2D eigenvalue weighted by molar-refractivity contribution is -0.115. The number of carbonyl (C=O) groups excluding carboxylic acids is 2. The van der Waals surface area contributed by atoms with Gasteiger partial charge in [0.25, 0.3) is 11.5 Å². The fourth-order valence-corrected chi connectivity index (χ4v) is 3.39. The van der Waals surface area contributed by atoms with Gasteiger partial charge < -0.3 is 10.6 Å². The minimum atomic E-state index is -0.674. The van der Waals surface area contributed by atoms with E-state index in [0.29, 0.717) is 24.3 Å². The van der Waals surface area contributed by atoms with E-state index in [4.69, 9.17) is 0 Å². The van der Waals surface area contributed by atoms with E-state index in [1.807, 2.05) is 6.92 Å². The highest BCUT2D eigenvalue weighted by molar-refractivity contribution is 6.07. The summed E-state index contributed by atoms with van der Waals surface area (Å²) in [5, 5.41) is 5.22. The van der Waals surface area contributed by atoms with Crippen molar-refractivity contribution in [3.8, 4) is 0 Å². The number of H-pyrrole nitrogens is 1. The van der Waals surface area contributed by atoms with Crippen LogP contribution in [0.4, 0.5) is 5.69 Å². The van der Waals surface area contributed by atoms with Crippen LogP contribution in [-0.2, 0) is 11.3 Å². The van der Waals surface area contributed by atoms with E-state index < -0.39 is 23.1 Å². The molecule has 2 amide bonds. The van der Waals surface area contributed by atoms with Crippen LogP contribution >= 0.6 is 0 Å². The third-order valence-corrected chi connectivity index (χ3v) is 5.01. The van der Waals surface area contributed by atoms with E-state index in [-0.39, 0.29) is 29.1 Å². The summed E-state index contributed by atoms with van der Waals surface area (Å²) in [4.78, 5) is 60.7. The van der Waals surface area contributed by atoms with Gasteiger partial charge in [0.15, 0.2) is 5.65 Å². The molecule has 3 aromatic rings. The van der Waals surface area contributed by atoms with Crippen molar-refractivity contribution in [2.45, 2.75) is 38.6 Å². The minimum Gasteiger partial charge on any atom is -0.343 e. The van der Waals surface area contributed by atoms with Crippen LogP contribution in [0.3, 0.4) is 0 Å². The van der Waals surface area contributed by atoms with E-state index in [1.54, 1.807) is 24.4 Å². The van der Waals surface area contributed by atoms with Crippen molar-refractivity contribution in [1.29, 1.82) is 0 Å². The highest BCUT2D eigenvalue weighted by Gasteiger charge is 2.28. The van der Waals surface area contributed by atoms with Crippen molar-refractivity contribution in [2.75, 3.05) is 11.9 Å². The van der Waals surface area contributed by atoms with E-state index in [2.05, 4.69) is 25.6 Å². The summed E-state index contributed by atoms with van der Waals surface area (Å²) in [5.41, 5.74) is 0.255. The number of fused-ring (bicyclic) bond motifs is 1. The molecule has 10 nitrogen and oxygen atoms in total. The lowest BCUT2D eigenvalue weighted by Crippen LogP contribution is -2.36. The summed E-state index contributed by atoms with van der Waals surface area (Å²) in [6.07, 6.45) is 5.61. The van der Waals surface area contributed by atoms with Crippen molar-refractivity contribution >= 4 is 28.5 Å². The van der Waals surface area contributed by atoms with Crippen LogP contribution in [0.5, 0.6) is 0 Å². The first kappa shape index (κ1) is 20.5. The van der Waals surface area contributed by atoms with Gasteiger partial charge in [0.05, 0.1) is 29.4 Å². The molecular weight excluding hydrogens is 400 g/mol. The molecule has 1 saturated carbocycles. The van der Waals surface area contributed by atoms with Gasteiger partial charge in [-0.05, 0) is 37.5 Å². The van der Waals surface area contributed by atoms with Crippen LogP contribution in [0.2, 0.25) is 0 Å². The van der Waals surface area contributed by atoms with Gasteiger partial charge in [-0.25, -0.2) is 9.78 Å². The molecule has 0 unspecified atom stereocenters. The molecule has 0 aromatic carbocycles. The average Bonchev–Trinajstić information content (AvgIpc) is 3.60. The first-order valence-electron chi connectivity index (χ1n) is 10.1. The number of carbonyl (C=O) groups is 2. The first-order chi connectivity index (χ1) is 15.0. The number of aryl methyl sites for hydroxylation is 1. The molecular formula is C21H22N6O4. The third-order valence-electron chi connectivity index (χ3n) is 5.01. The Kier molecular flexibility index (Phi) is 5.61. The molecule has 0 aliphatic heterocycles. The van der Waals surface area contributed by atoms with Crippen molar-refractivity contribution in [2.24, 2.45) is 0 Å². The Labute approximate surface area is 176 Å². The highest BCUT2D eigenvalue weighted by atomic mass is 16.2. The van der Waals surface area contributed by atoms with Crippen molar-refractivity contribution in [3.63, 3.8) is 0 Å². The number of rotatable bonds is 7. The maximum absolute atomic E-state index is 12.9. The fraction of sp³-hybridized carbons (Fsp3) is 0.333. The van der Waals surface area contributed by atoms with Crippen LogP contribution in [0.1, 0.15) is 48.2 Å². The number of pyridine rings is 2. The molecule has 0 spiro atoms. The van der Waals surface area contributed by atoms with Crippen molar-refractivity contribution in [3.05, 3.63) is 62.7 Å². The second-order valence-electron chi connectivity index (χ2n) is 7.45. The molecule has 10 heteroatoms. The Morgan fingerprint density at radius 2 is 2.10 bits per heavy atom. The lowest BCUT2D eigenvalue weighted by Gasteiger charge is -2.13. The molecule has 1 aliphatic carbocycles. The van der Waals surface area contributed by atoms with Gasteiger partial charge in [0.2, 0.25) is 5.91 Å². The maximum Gasteiger partial charge on any atom is 0.329 e. The predicted molar refractivity (Wildman–Crippen MR) is 114 cm³/mol. The normalized spacial score (nSPS) is 13.2. The number of nitrogens with one attached hydrogen (secondary N) is 3. The Morgan fingerprint density at radius 3 is 2.77 bits per heavy atom. The molecule has 0 saturated heterocycles. The van der Waals surface area contributed by atoms with Crippen LogP contribution in [0, 0.1) is 0 Å². The van der Waals surface area contributed by atoms with Crippen LogP contribution in [0.25, 0.3) is 11.0 Å². The van der Waals surface area contributed by atoms with Gasteiger partial charge in [0.1, 0.15) is 0 Å². The number of amides is 2. The van der Waals surface area contributed by atoms with Gasteiger partial charge in [0, 0.05) is 24.4 Å². The maximum atomic E-state index is 12.9. The summed E-state index contributed by atoms with van der Waals surface area (Å²) >= 11 is 0. The third kappa shape index (κ3) is 4.37. The predicted octanol–water partition coefficient (Wildman–Crippen LogP) is 1.14. The van der Waals surface area contributed by atoms with Gasteiger partial charge in [-0.2, -0.15) is 0 Å². The second kappa shape index (κ2) is 8.50. The number of hydrogen-bond donors (Lipinski definition) is 3. The van der Waals surface area contributed by atoms with Gasteiger partial charge >= 0.3 is 5.69 Å². The molecule has 3 heterocycles. The molecule has 160 valence electrons. The zero-order valence-corrected chi connectivity index (χ0v) is 17.0. The van der Waals surface area contributed by atoms with Crippen LogP contribution in [-0.4, -0.2) is 37.9 Å². The molecule has 1 fully saturated rings. The standard InChI is InChI=1S/C21H22N6O4/c1-2-8-27-18-17(20(30)26-21(27)31)14(9-15(25-18)12-5-6-12)19(29)23-11-16(28)24-13-4-3-7-22-10-13/h3-4,7,9-10,12H,2,5-6,8,11H2,1H3,(H,23,29)(H,24,28)(H,26,30,31). The largest absolute Gasteiger partial charge is 0.343 e. The minimum absolute atomic E-state index is 0.0441. The summed E-state index contributed by atoms with van der Waals surface area (Å²) in [7, 11) is 0. The van der Waals surface area contributed by atoms with E-state index >= 15 is 0 Å². The molecule has 31 heavy (non-hydrogen) atoms. The molecule has 1 aliphatic rings. The molecule has 0 atom stereocenters. The number of aromatic amines is 1. The fourth-order valence-electron chi connectivity index (χ4n) is 3.39. The number of anilines is 1. The zero-order chi connectivity index (χ0) is 22.0. The quantitative estimate of drug-likeness (QED) is 0.522. The zero-order valence-electron chi connectivity index (χ0n) is 17.0. The van der Waals surface area contributed by atoms with Gasteiger partial charge in [-0.15, -0.1) is 0 Å². The monoisotopic (exact) mass is 422 g/mol. The summed E-state index contributed by atoms with van der Waals surface area (Å²) in [5.74, 6) is -0.809. The van der Waals surface area contributed by atoms with Crippen LogP contribution < -0.4 is 21.9 Å². The van der Waals surface area contributed by atoms with E-state index in [0.717, 1.165) is 12.8 Å². The Morgan fingerprint density at radius 1 is 1.29 bits per heavy atom. The molecule has 3 N–H and O–H groups in total. The average molecular weight is 422 g/mol. The molecule has 3 aromatic heterocycles. The Balaban J connectivity index is 1.66. The molecule has 4 rings (SSSR count). The van der Waals surface area contributed by atoms with E-state index in [9.17, 15) is 19.2 Å². The Bertz CT molecular complexity index is 1260. The highest BCUT2D eigenvalue weighted by Crippen LogP contribution is 2.39. The Hall–Kier alpha value is -3.82. The second-order valence-corrected chi connectivity index (χ2v) is 7.45. The van der Waals surface area contributed by atoms with Gasteiger partial charge in [-0.3, -0.25) is 28.9 Å². The topological polar surface area (TPSA) is 139 Å². The smallest absolute Gasteiger partial charge is 0.329 e. The summed E-state index contributed by atoms with van der Waals surface area (Å²) in [6.45, 7) is 1.98. The van der Waals surface area contributed by atoms with Crippen molar-refractivity contribution < 1.29 is 9.59 Å². The first-order valence-corrected chi connectivity index (χ1v) is 10.1. The van der Waals surface area contributed by atoms with Crippen LogP contribution in [0.15, 0.2) is 40.2 Å². The summed E-state index contributed by atoms with van der Waals surface area (Å²) < 4.78 is 1.38. The molecule has 0 bridgehead atoms. The van der Waals surface area contributed by atoms with Gasteiger partial charge in [-0.1, -0.05) is 6.92 Å². The number of aromatic nitrogens is 4. The number of hydrogen-bond acceptors (Lipinski definition) is 6. The van der Waals surface area contributed by atoms with Crippen molar-refractivity contribution in [1.82, 2.24) is 24.8 Å². The van der Waals surface area contributed by atoms with E-state index in [1.165, 1.54) is 10.8 Å². The molecule has 0 radical (unpaired) electrons. The summed E-state index contributed by atoms with van der Waals surface area (Å²) in [6, 6.07) is 4.95.